The normalized spacial score (nSPS) is 20.1. The van der Waals surface area contributed by atoms with E-state index in [1.165, 1.54) is 0 Å². The van der Waals surface area contributed by atoms with Gasteiger partial charge in [-0.2, -0.15) is 0 Å². The van der Waals surface area contributed by atoms with Crippen molar-refractivity contribution in [3.63, 3.8) is 0 Å². The summed E-state index contributed by atoms with van der Waals surface area (Å²) >= 11 is 18.1. The Balaban J connectivity index is 1.71. The fraction of sp³-hybridized carbons (Fsp3) is 0.188. The van der Waals surface area contributed by atoms with Gasteiger partial charge in [-0.05, 0) is 42.2 Å². The first-order valence-corrected chi connectivity index (χ1v) is 7.70. The van der Waals surface area contributed by atoms with Crippen LogP contribution in [0.2, 0.25) is 15.1 Å². The van der Waals surface area contributed by atoms with Gasteiger partial charge in [0.25, 0.3) is 0 Å². The predicted octanol–water partition coefficient (Wildman–Crippen LogP) is 5.39. The Bertz CT molecular complexity index is 702. The van der Waals surface area contributed by atoms with Crippen LogP contribution >= 0.6 is 34.8 Å². The summed E-state index contributed by atoms with van der Waals surface area (Å²) in [4.78, 5) is 12.3. The first-order chi connectivity index (χ1) is 10.1. The minimum atomic E-state index is -0.0695. The van der Waals surface area contributed by atoms with Crippen molar-refractivity contribution in [2.45, 2.75) is 12.3 Å². The summed E-state index contributed by atoms with van der Waals surface area (Å²) in [5.74, 6) is 0.0562. The number of halogens is 3. The lowest BCUT2D eigenvalue weighted by Crippen LogP contribution is -2.14. The van der Waals surface area contributed by atoms with E-state index in [4.69, 9.17) is 34.8 Å². The topological polar surface area (TPSA) is 29.1 Å². The maximum Gasteiger partial charge on any atom is 0.228 e. The van der Waals surface area contributed by atoms with E-state index >= 15 is 0 Å². The molecule has 2 atom stereocenters. The van der Waals surface area contributed by atoms with Gasteiger partial charge in [0.1, 0.15) is 0 Å². The number of carbonyl (C=O) groups is 1. The number of benzene rings is 2. The summed E-state index contributed by atoms with van der Waals surface area (Å²) in [7, 11) is 0. The second-order valence-corrected chi connectivity index (χ2v) is 6.33. The first kappa shape index (κ1) is 14.7. The first-order valence-electron chi connectivity index (χ1n) is 6.56. The van der Waals surface area contributed by atoms with E-state index in [1.807, 2.05) is 24.3 Å². The van der Waals surface area contributed by atoms with Crippen LogP contribution < -0.4 is 5.32 Å². The van der Waals surface area contributed by atoms with Crippen molar-refractivity contribution in [2.24, 2.45) is 5.92 Å². The quantitative estimate of drug-likeness (QED) is 0.797. The van der Waals surface area contributed by atoms with Gasteiger partial charge in [0.15, 0.2) is 0 Å². The molecule has 1 N–H and O–H groups in total. The Morgan fingerprint density at radius 2 is 1.81 bits per heavy atom. The lowest BCUT2D eigenvalue weighted by Gasteiger charge is -2.08. The zero-order chi connectivity index (χ0) is 15.0. The molecule has 0 radical (unpaired) electrons. The molecule has 0 bridgehead atoms. The number of amides is 1. The van der Waals surface area contributed by atoms with Crippen molar-refractivity contribution in [1.82, 2.24) is 0 Å². The Kier molecular flexibility index (Phi) is 4.12. The van der Waals surface area contributed by atoms with Crippen molar-refractivity contribution >= 4 is 46.4 Å². The van der Waals surface area contributed by atoms with E-state index in [2.05, 4.69) is 5.32 Å². The molecule has 21 heavy (non-hydrogen) atoms. The Hall–Kier alpha value is -1.22. The minimum absolute atomic E-state index is 0.0518. The fourth-order valence-corrected chi connectivity index (χ4v) is 3.04. The standard InChI is InChI=1S/C16H12Cl3NO/c17-9-5-6-14(19)15(7-9)20-16(21)12-8-11(12)10-3-1-2-4-13(10)18/h1-7,11-12H,8H2,(H,20,21). The third kappa shape index (κ3) is 3.18. The molecule has 2 nitrogen and oxygen atoms in total. The monoisotopic (exact) mass is 339 g/mol. The van der Waals surface area contributed by atoms with Crippen LogP contribution in [0.4, 0.5) is 5.69 Å². The number of rotatable bonds is 3. The lowest BCUT2D eigenvalue weighted by atomic mass is 10.1. The lowest BCUT2D eigenvalue weighted by molar-refractivity contribution is -0.117. The summed E-state index contributed by atoms with van der Waals surface area (Å²) in [5, 5.41) is 4.55. The summed E-state index contributed by atoms with van der Waals surface area (Å²) in [6.07, 6.45) is 0.799. The van der Waals surface area contributed by atoms with Crippen molar-refractivity contribution in [3.05, 3.63) is 63.1 Å². The Labute approximate surface area is 138 Å². The van der Waals surface area contributed by atoms with E-state index in [1.54, 1.807) is 18.2 Å². The van der Waals surface area contributed by atoms with Gasteiger partial charge >= 0.3 is 0 Å². The maximum atomic E-state index is 12.3. The minimum Gasteiger partial charge on any atom is -0.324 e. The van der Waals surface area contributed by atoms with E-state index in [-0.39, 0.29) is 17.7 Å². The summed E-state index contributed by atoms with van der Waals surface area (Å²) in [6.45, 7) is 0. The number of anilines is 1. The van der Waals surface area contributed by atoms with Crippen molar-refractivity contribution in [1.29, 1.82) is 0 Å². The molecule has 0 aromatic heterocycles. The molecule has 1 aliphatic carbocycles. The molecule has 2 aromatic carbocycles. The van der Waals surface area contributed by atoms with Crippen LogP contribution in [0.25, 0.3) is 0 Å². The average Bonchev–Trinajstić information content (AvgIpc) is 3.24. The van der Waals surface area contributed by atoms with E-state index < -0.39 is 0 Å². The van der Waals surface area contributed by atoms with Crippen molar-refractivity contribution in [2.75, 3.05) is 5.32 Å². The van der Waals surface area contributed by atoms with E-state index in [9.17, 15) is 4.79 Å². The molecular formula is C16H12Cl3NO. The Morgan fingerprint density at radius 1 is 1.05 bits per heavy atom. The number of nitrogens with one attached hydrogen (secondary N) is 1. The van der Waals surface area contributed by atoms with Gasteiger partial charge in [-0.3, -0.25) is 4.79 Å². The average molecular weight is 341 g/mol. The molecule has 1 fully saturated rings. The van der Waals surface area contributed by atoms with Gasteiger partial charge in [-0.1, -0.05) is 53.0 Å². The fourth-order valence-electron chi connectivity index (χ4n) is 2.42. The van der Waals surface area contributed by atoms with Gasteiger partial charge < -0.3 is 5.32 Å². The highest BCUT2D eigenvalue weighted by Crippen LogP contribution is 2.50. The molecule has 2 unspecified atom stereocenters. The smallest absolute Gasteiger partial charge is 0.228 e. The highest BCUT2D eigenvalue weighted by Gasteiger charge is 2.44. The summed E-state index contributed by atoms with van der Waals surface area (Å²) in [6, 6.07) is 12.6. The van der Waals surface area contributed by atoms with Gasteiger partial charge in [0.2, 0.25) is 5.91 Å². The summed E-state index contributed by atoms with van der Waals surface area (Å²) in [5.41, 5.74) is 1.57. The molecule has 1 saturated carbocycles. The Morgan fingerprint density at radius 3 is 2.57 bits per heavy atom. The molecule has 0 aliphatic heterocycles. The molecule has 0 saturated heterocycles. The molecule has 1 aliphatic rings. The van der Waals surface area contributed by atoms with Gasteiger partial charge in [-0.15, -0.1) is 0 Å². The van der Waals surface area contributed by atoms with Gasteiger partial charge in [0, 0.05) is 16.0 Å². The van der Waals surface area contributed by atoms with Crippen LogP contribution in [-0.2, 0) is 4.79 Å². The number of hydrogen-bond acceptors (Lipinski definition) is 1. The molecule has 108 valence electrons. The van der Waals surface area contributed by atoms with E-state index in [0.29, 0.717) is 20.8 Å². The largest absolute Gasteiger partial charge is 0.324 e. The van der Waals surface area contributed by atoms with Crippen LogP contribution in [0.15, 0.2) is 42.5 Å². The zero-order valence-corrected chi connectivity index (χ0v) is 13.2. The maximum absolute atomic E-state index is 12.3. The van der Waals surface area contributed by atoms with E-state index in [0.717, 1.165) is 12.0 Å². The van der Waals surface area contributed by atoms with Gasteiger partial charge in [0.05, 0.1) is 10.7 Å². The predicted molar refractivity (Wildman–Crippen MR) is 87.4 cm³/mol. The molecule has 2 aromatic rings. The summed E-state index contributed by atoms with van der Waals surface area (Å²) < 4.78 is 0. The molecule has 3 rings (SSSR count). The second-order valence-electron chi connectivity index (χ2n) is 5.08. The zero-order valence-electron chi connectivity index (χ0n) is 10.9. The second kappa shape index (κ2) is 5.88. The van der Waals surface area contributed by atoms with Crippen molar-refractivity contribution in [3.8, 4) is 0 Å². The van der Waals surface area contributed by atoms with Crippen LogP contribution in [0.3, 0.4) is 0 Å². The molecule has 0 spiro atoms. The van der Waals surface area contributed by atoms with Crippen LogP contribution in [-0.4, -0.2) is 5.91 Å². The highest BCUT2D eigenvalue weighted by atomic mass is 35.5. The van der Waals surface area contributed by atoms with Crippen LogP contribution in [0.1, 0.15) is 17.9 Å². The molecule has 5 heteroatoms. The SMILES string of the molecule is O=C(Nc1cc(Cl)ccc1Cl)C1CC1c1ccccc1Cl. The third-order valence-corrected chi connectivity index (χ3v) is 4.53. The number of carbonyl (C=O) groups excluding carboxylic acids is 1. The molecule has 1 amide bonds. The van der Waals surface area contributed by atoms with Gasteiger partial charge in [-0.25, -0.2) is 0 Å². The highest BCUT2D eigenvalue weighted by molar-refractivity contribution is 6.35. The van der Waals surface area contributed by atoms with Crippen LogP contribution in [0, 0.1) is 5.92 Å². The molecular weight excluding hydrogens is 329 g/mol. The third-order valence-electron chi connectivity index (χ3n) is 3.62. The number of hydrogen-bond donors (Lipinski definition) is 1. The molecule has 0 heterocycles. The van der Waals surface area contributed by atoms with Crippen LogP contribution in [0.5, 0.6) is 0 Å². The van der Waals surface area contributed by atoms with Crippen molar-refractivity contribution < 1.29 is 4.79 Å².